The minimum atomic E-state index is -0.328. The van der Waals surface area contributed by atoms with Gasteiger partial charge >= 0.3 is 5.97 Å². The second kappa shape index (κ2) is 7.80. The van der Waals surface area contributed by atoms with Crippen LogP contribution in [0, 0.1) is 5.92 Å². The molecule has 0 radical (unpaired) electrons. The molecule has 0 fully saturated rings. The van der Waals surface area contributed by atoms with E-state index in [1.165, 1.54) is 0 Å². The van der Waals surface area contributed by atoms with Crippen LogP contribution >= 0.6 is 0 Å². The third-order valence-corrected chi connectivity index (χ3v) is 2.81. The lowest BCUT2D eigenvalue weighted by molar-refractivity contribution is -0.154. The van der Waals surface area contributed by atoms with Gasteiger partial charge in [-0.05, 0) is 19.9 Å². The number of aliphatic imine (C=N–C) groups is 1. The molecule has 2 unspecified atom stereocenters. The summed E-state index contributed by atoms with van der Waals surface area (Å²) in [5.41, 5.74) is 1.96. The van der Waals surface area contributed by atoms with Crippen molar-refractivity contribution in [2.24, 2.45) is 10.9 Å². The normalized spacial score (nSPS) is 17.5. The summed E-state index contributed by atoms with van der Waals surface area (Å²) in [7, 11) is 0. The third kappa shape index (κ3) is 5.20. The van der Waals surface area contributed by atoms with Gasteiger partial charge in [0, 0.05) is 6.20 Å². The van der Waals surface area contributed by atoms with E-state index < -0.39 is 0 Å². The standard InChI is InChI=1S/C14H23N3O4/c1-9(2)14(18)20-8-10(3)21-12(5)17-7-6-13(16-19)15-11(17)4/h6-7,9-10,12,19H,4,8H2,1-3,5H3,(H,15,16). The molecule has 1 heterocycles. The van der Waals surface area contributed by atoms with Crippen molar-refractivity contribution in [3.05, 3.63) is 24.7 Å². The molecule has 118 valence electrons. The summed E-state index contributed by atoms with van der Waals surface area (Å²) in [6, 6.07) is 0. The number of carbonyl (C=O) groups excluding carboxylic acids is 1. The molecule has 1 rings (SSSR count). The monoisotopic (exact) mass is 297 g/mol. The van der Waals surface area contributed by atoms with Gasteiger partial charge in [-0.15, -0.1) is 0 Å². The van der Waals surface area contributed by atoms with Crippen molar-refractivity contribution in [3.8, 4) is 0 Å². The van der Waals surface area contributed by atoms with Gasteiger partial charge in [-0.3, -0.25) is 15.5 Å². The molecule has 0 bridgehead atoms. The number of rotatable bonds is 6. The second-order valence-electron chi connectivity index (χ2n) is 5.08. The first-order valence-electron chi connectivity index (χ1n) is 6.81. The fourth-order valence-corrected chi connectivity index (χ4v) is 1.67. The Hall–Kier alpha value is -1.86. The lowest BCUT2D eigenvalue weighted by Crippen LogP contribution is -2.36. The zero-order chi connectivity index (χ0) is 16.0. The summed E-state index contributed by atoms with van der Waals surface area (Å²) >= 11 is 0. The fraction of sp³-hybridized carbons (Fsp3) is 0.571. The summed E-state index contributed by atoms with van der Waals surface area (Å²) in [6.07, 6.45) is 2.71. The second-order valence-corrected chi connectivity index (χ2v) is 5.08. The van der Waals surface area contributed by atoms with Crippen LogP contribution < -0.4 is 5.48 Å². The zero-order valence-corrected chi connectivity index (χ0v) is 12.9. The van der Waals surface area contributed by atoms with E-state index >= 15 is 0 Å². The van der Waals surface area contributed by atoms with Crippen LogP contribution in [0.25, 0.3) is 0 Å². The number of nitrogens with zero attached hydrogens (tertiary/aromatic N) is 2. The van der Waals surface area contributed by atoms with Crippen LogP contribution in [0.1, 0.15) is 27.7 Å². The van der Waals surface area contributed by atoms with Gasteiger partial charge in [0.2, 0.25) is 0 Å². The molecule has 0 amide bonds. The number of nitrogens with one attached hydrogen (secondary N) is 1. The van der Waals surface area contributed by atoms with Crippen LogP contribution in [0.4, 0.5) is 0 Å². The average molecular weight is 297 g/mol. The molecule has 1 aliphatic heterocycles. The minimum Gasteiger partial charge on any atom is -0.463 e. The zero-order valence-electron chi connectivity index (χ0n) is 12.9. The maximum absolute atomic E-state index is 11.4. The summed E-state index contributed by atoms with van der Waals surface area (Å²) in [5, 5.41) is 8.77. The number of esters is 1. The van der Waals surface area contributed by atoms with Crippen LogP contribution in [-0.2, 0) is 14.3 Å². The Labute approximate surface area is 124 Å². The molecule has 2 N–H and O–H groups in total. The van der Waals surface area contributed by atoms with Gasteiger partial charge in [-0.25, -0.2) is 4.99 Å². The smallest absolute Gasteiger partial charge is 0.308 e. The van der Waals surface area contributed by atoms with Crippen LogP contribution in [0.3, 0.4) is 0 Å². The molecule has 0 aliphatic carbocycles. The molecule has 0 aromatic carbocycles. The SMILES string of the molecule is C=C1N=C(NO)C=CN1C(C)OC(C)COC(=O)C(C)C. The summed E-state index contributed by atoms with van der Waals surface area (Å²) in [4.78, 5) is 17.1. The lowest BCUT2D eigenvalue weighted by atomic mass is 10.2. The van der Waals surface area contributed by atoms with Crippen molar-refractivity contribution in [1.82, 2.24) is 10.4 Å². The summed E-state index contributed by atoms with van der Waals surface area (Å²) in [5.74, 6) is 0.345. The highest BCUT2D eigenvalue weighted by molar-refractivity contribution is 5.93. The average Bonchev–Trinajstić information content (AvgIpc) is 2.44. The quantitative estimate of drug-likeness (QED) is 0.572. The number of hydroxylamine groups is 1. The molecule has 0 spiro atoms. The van der Waals surface area contributed by atoms with E-state index in [0.29, 0.717) is 11.7 Å². The maximum atomic E-state index is 11.4. The minimum absolute atomic E-state index is 0.154. The van der Waals surface area contributed by atoms with Gasteiger partial charge in [-0.2, -0.15) is 0 Å². The first-order valence-corrected chi connectivity index (χ1v) is 6.81. The lowest BCUT2D eigenvalue weighted by Gasteiger charge is -2.31. The maximum Gasteiger partial charge on any atom is 0.308 e. The van der Waals surface area contributed by atoms with Crippen molar-refractivity contribution in [3.63, 3.8) is 0 Å². The molecule has 0 aromatic rings. The Morgan fingerprint density at radius 2 is 2.14 bits per heavy atom. The highest BCUT2D eigenvalue weighted by atomic mass is 16.6. The molecule has 0 saturated heterocycles. The summed E-state index contributed by atoms with van der Waals surface area (Å²) in [6.45, 7) is 11.2. The molecular weight excluding hydrogens is 274 g/mol. The van der Waals surface area contributed by atoms with E-state index in [-0.39, 0.29) is 30.8 Å². The van der Waals surface area contributed by atoms with Crippen molar-refractivity contribution in [2.45, 2.75) is 40.0 Å². The van der Waals surface area contributed by atoms with Crippen LogP contribution in [0.5, 0.6) is 0 Å². The van der Waals surface area contributed by atoms with E-state index in [0.717, 1.165) is 0 Å². The molecule has 7 nitrogen and oxygen atoms in total. The van der Waals surface area contributed by atoms with Crippen molar-refractivity contribution < 1.29 is 19.5 Å². The predicted octanol–water partition coefficient (Wildman–Crippen LogP) is 1.61. The van der Waals surface area contributed by atoms with Crippen molar-refractivity contribution >= 4 is 11.8 Å². The number of ether oxygens (including phenoxy) is 2. The first kappa shape index (κ1) is 17.2. The largest absolute Gasteiger partial charge is 0.463 e. The Bertz CT molecular complexity index is 446. The van der Waals surface area contributed by atoms with Gasteiger partial charge in [-0.1, -0.05) is 20.4 Å². The predicted molar refractivity (Wildman–Crippen MR) is 78.3 cm³/mol. The van der Waals surface area contributed by atoms with E-state index in [1.807, 2.05) is 19.3 Å². The molecule has 7 heteroatoms. The van der Waals surface area contributed by atoms with Gasteiger partial charge in [0.1, 0.15) is 18.7 Å². The number of carbonyl (C=O) groups is 1. The van der Waals surface area contributed by atoms with E-state index in [1.54, 1.807) is 31.0 Å². The Morgan fingerprint density at radius 1 is 1.48 bits per heavy atom. The highest BCUT2D eigenvalue weighted by Crippen LogP contribution is 2.16. The topological polar surface area (TPSA) is 83.4 Å². The number of hydrogen-bond acceptors (Lipinski definition) is 7. The first-order chi connectivity index (χ1) is 9.85. The van der Waals surface area contributed by atoms with E-state index in [4.69, 9.17) is 14.7 Å². The highest BCUT2D eigenvalue weighted by Gasteiger charge is 2.20. The number of amidine groups is 1. The molecular formula is C14H23N3O4. The Balaban J connectivity index is 2.45. The van der Waals surface area contributed by atoms with Gasteiger partial charge in [0.25, 0.3) is 0 Å². The third-order valence-electron chi connectivity index (χ3n) is 2.81. The molecule has 0 aromatic heterocycles. The van der Waals surface area contributed by atoms with Gasteiger partial charge in [0.05, 0.1) is 12.0 Å². The van der Waals surface area contributed by atoms with Crippen LogP contribution in [0.15, 0.2) is 29.7 Å². The van der Waals surface area contributed by atoms with Crippen LogP contribution in [-0.4, -0.2) is 40.9 Å². The molecule has 0 saturated carbocycles. The van der Waals surface area contributed by atoms with E-state index in [2.05, 4.69) is 11.6 Å². The van der Waals surface area contributed by atoms with E-state index in [9.17, 15) is 4.79 Å². The number of hydrogen-bond donors (Lipinski definition) is 2. The Morgan fingerprint density at radius 3 is 2.67 bits per heavy atom. The fourth-order valence-electron chi connectivity index (χ4n) is 1.67. The van der Waals surface area contributed by atoms with Crippen molar-refractivity contribution in [1.29, 1.82) is 0 Å². The van der Waals surface area contributed by atoms with Crippen LogP contribution in [0.2, 0.25) is 0 Å². The molecule has 1 aliphatic rings. The molecule has 21 heavy (non-hydrogen) atoms. The molecule has 2 atom stereocenters. The van der Waals surface area contributed by atoms with Gasteiger partial charge in [0.15, 0.2) is 5.84 Å². The Kier molecular flexibility index (Phi) is 6.39. The summed E-state index contributed by atoms with van der Waals surface area (Å²) < 4.78 is 10.9. The van der Waals surface area contributed by atoms with Crippen molar-refractivity contribution in [2.75, 3.05) is 6.61 Å². The van der Waals surface area contributed by atoms with Gasteiger partial charge < -0.3 is 14.4 Å².